The van der Waals surface area contributed by atoms with Gasteiger partial charge in [-0.15, -0.1) is 11.3 Å². The third-order valence-corrected chi connectivity index (χ3v) is 4.44. The first-order valence-corrected chi connectivity index (χ1v) is 8.58. The highest BCUT2D eigenvalue weighted by molar-refractivity contribution is 7.09. The fourth-order valence-corrected chi connectivity index (χ4v) is 3.06. The van der Waals surface area contributed by atoms with E-state index in [2.05, 4.69) is 10.3 Å². The van der Waals surface area contributed by atoms with Crippen molar-refractivity contribution in [2.45, 2.75) is 13.3 Å². The van der Waals surface area contributed by atoms with Crippen molar-refractivity contribution in [1.82, 2.24) is 4.98 Å². The molecule has 1 aromatic heterocycles. The van der Waals surface area contributed by atoms with Gasteiger partial charge < -0.3 is 10.1 Å². The average Bonchev–Trinajstić information content (AvgIpc) is 3.03. The largest absolute Gasteiger partial charge is 0.494 e. The van der Waals surface area contributed by atoms with E-state index in [0.29, 0.717) is 11.4 Å². The lowest BCUT2D eigenvalue weighted by Gasteiger charge is -2.10. The summed E-state index contributed by atoms with van der Waals surface area (Å²) in [5.41, 5.74) is 3.29. The molecule has 25 heavy (non-hydrogen) atoms. The van der Waals surface area contributed by atoms with Crippen LogP contribution in [0.2, 0.25) is 0 Å². The zero-order chi connectivity index (χ0) is 17.8. The second-order valence-electron chi connectivity index (χ2n) is 5.52. The normalized spacial score (nSPS) is 10.5. The number of halogens is 1. The number of hydrogen-bond acceptors (Lipinski definition) is 4. The Balaban J connectivity index is 1.67. The van der Waals surface area contributed by atoms with Crippen LogP contribution in [0.1, 0.15) is 10.6 Å². The fourth-order valence-electron chi connectivity index (χ4n) is 2.44. The summed E-state index contributed by atoms with van der Waals surface area (Å²) >= 11 is 1.61. The van der Waals surface area contributed by atoms with Crippen LogP contribution >= 0.6 is 11.3 Å². The monoisotopic (exact) mass is 356 g/mol. The van der Waals surface area contributed by atoms with Gasteiger partial charge in [-0.1, -0.05) is 24.3 Å². The van der Waals surface area contributed by atoms with Gasteiger partial charge in [0.05, 0.1) is 29.9 Å². The maximum atomic E-state index is 13.2. The minimum Gasteiger partial charge on any atom is -0.494 e. The quantitative estimate of drug-likeness (QED) is 0.735. The lowest BCUT2D eigenvalue weighted by atomic mass is 10.1. The molecule has 1 heterocycles. The predicted molar refractivity (Wildman–Crippen MR) is 97.6 cm³/mol. The van der Waals surface area contributed by atoms with Crippen LogP contribution in [-0.2, 0) is 11.2 Å². The molecule has 0 atom stereocenters. The number of ether oxygens (including phenoxy) is 1. The van der Waals surface area contributed by atoms with E-state index in [9.17, 15) is 9.18 Å². The number of nitrogens with zero attached hydrogens (tertiary/aromatic N) is 1. The van der Waals surface area contributed by atoms with E-state index < -0.39 is 5.82 Å². The number of anilines is 1. The zero-order valence-corrected chi connectivity index (χ0v) is 14.7. The SMILES string of the molecule is COc1cc(F)ccc1NC(=O)Cc1ccc(-c2csc(C)n2)cc1. The molecule has 4 nitrogen and oxygen atoms in total. The van der Waals surface area contributed by atoms with Crippen molar-refractivity contribution in [1.29, 1.82) is 0 Å². The van der Waals surface area contributed by atoms with E-state index in [-0.39, 0.29) is 12.3 Å². The lowest BCUT2D eigenvalue weighted by Crippen LogP contribution is -2.15. The van der Waals surface area contributed by atoms with Crippen molar-refractivity contribution < 1.29 is 13.9 Å². The van der Waals surface area contributed by atoms with Gasteiger partial charge in [0.15, 0.2) is 0 Å². The van der Waals surface area contributed by atoms with Crippen LogP contribution in [0.5, 0.6) is 5.75 Å². The molecule has 0 aliphatic rings. The van der Waals surface area contributed by atoms with Crippen LogP contribution in [0.15, 0.2) is 47.8 Å². The third kappa shape index (κ3) is 4.22. The highest BCUT2D eigenvalue weighted by Crippen LogP contribution is 2.25. The maximum absolute atomic E-state index is 13.2. The van der Waals surface area contributed by atoms with Gasteiger partial charge in [0.25, 0.3) is 0 Å². The number of amides is 1. The molecular weight excluding hydrogens is 339 g/mol. The molecule has 0 aliphatic carbocycles. The van der Waals surface area contributed by atoms with E-state index in [1.54, 1.807) is 11.3 Å². The van der Waals surface area contributed by atoms with Gasteiger partial charge in [0.1, 0.15) is 11.6 Å². The van der Waals surface area contributed by atoms with Crippen LogP contribution in [-0.4, -0.2) is 18.0 Å². The van der Waals surface area contributed by atoms with Gasteiger partial charge in [-0.25, -0.2) is 9.37 Å². The van der Waals surface area contributed by atoms with E-state index >= 15 is 0 Å². The molecule has 0 saturated heterocycles. The van der Waals surface area contributed by atoms with Crippen molar-refractivity contribution >= 4 is 22.9 Å². The van der Waals surface area contributed by atoms with E-state index in [1.807, 2.05) is 36.6 Å². The number of carbonyl (C=O) groups is 1. The molecule has 0 fully saturated rings. The number of benzene rings is 2. The summed E-state index contributed by atoms with van der Waals surface area (Å²) in [5, 5.41) is 5.78. The topological polar surface area (TPSA) is 51.2 Å². The van der Waals surface area contributed by atoms with Gasteiger partial charge in [0, 0.05) is 17.0 Å². The zero-order valence-electron chi connectivity index (χ0n) is 13.9. The molecule has 0 spiro atoms. The molecule has 0 unspecified atom stereocenters. The first-order chi connectivity index (χ1) is 12.0. The second-order valence-corrected chi connectivity index (χ2v) is 6.58. The summed E-state index contributed by atoms with van der Waals surface area (Å²) in [4.78, 5) is 16.7. The first kappa shape index (κ1) is 17.1. The fraction of sp³-hybridized carbons (Fsp3) is 0.158. The third-order valence-electron chi connectivity index (χ3n) is 3.67. The van der Waals surface area contributed by atoms with Crippen molar-refractivity contribution in [3.63, 3.8) is 0 Å². The van der Waals surface area contributed by atoms with Gasteiger partial charge in [-0.05, 0) is 24.6 Å². The summed E-state index contributed by atoms with van der Waals surface area (Å²) in [5.74, 6) is -0.313. The number of methoxy groups -OCH3 is 1. The van der Waals surface area contributed by atoms with Crippen LogP contribution in [0.3, 0.4) is 0 Å². The summed E-state index contributed by atoms with van der Waals surface area (Å²) in [6.45, 7) is 1.97. The van der Waals surface area contributed by atoms with Crippen molar-refractivity contribution in [2.75, 3.05) is 12.4 Å². The van der Waals surface area contributed by atoms with Crippen molar-refractivity contribution in [3.05, 3.63) is 64.2 Å². The number of aromatic nitrogens is 1. The Morgan fingerprint density at radius 1 is 1.24 bits per heavy atom. The smallest absolute Gasteiger partial charge is 0.228 e. The van der Waals surface area contributed by atoms with E-state index in [0.717, 1.165) is 21.8 Å². The lowest BCUT2D eigenvalue weighted by molar-refractivity contribution is -0.115. The van der Waals surface area contributed by atoms with Crippen LogP contribution in [0.4, 0.5) is 10.1 Å². The van der Waals surface area contributed by atoms with Crippen molar-refractivity contribution in [2.24, 2.45) is 0 Å². The Morgan fingerprint density at radius 2 is 2.00 bits per heavy atom. The first-order valence-electron chi connectivity index (χ1n) is 7.70. The molecule has 0 aliphatic heterocycles. The minimum atomic E-state index is -0.414. The number of carbonyl (C=O) groups excluding carboxylic acids is 1. The highest BCUT2D eigenvalue weighted by atomic mass is 32.1. The average molecular weight is 356 g/mol. The highest BCUT2D eigenvalue weighted by Gasteiger charge is 2.10. The summed E-state index contributed by atoms with van der Waals surface area (Å²) < 4.78 is 18.3. The Labute approximate surface area is 149 Å². The Hall–Kier alpha value is -2.73. The van der Waals surface area contributed by atoms with Gasteiger partial charge >= 0.3 is 0 Å². The Bertz CT molecular complexity index is 891. The standard InChI is InChI=1S/C19H17FN2O2S/c1-12-21-17(11-25-12)14-5-3-13(4-6-14)9-19(23)22-16-8-7-15(20)10-18(16)24-2/h3-8,10-11H,9H2,1-2H3,(H,22,23). The summed E-state index contributed by atoms with van der Waals surface area (Å²) in [6.07, 6.45) is 0.219. The molecule has 2 aromatic carbocycles. The number of aryl methyl sites for hydroxylation is 1. The van der Waals surface area contributed by atoms with Crippen LogP contribution in [0, 0.1) is 12.7 Å². The molecule has 1 amide bonds. The molecular formula is C19H17FN2O2S. The van der Waals surface area contributed by atoms with Crippen LogP contribution in [0.25, 0.3) is 11.3 Å². The molecule has 3 aromatic rings. The number of rotatable bonds is 5. The van der Waals surface area contributed by atoms with Crippen LogP contribution < -0.4 is 10.1 Å². The van der Waals surface area contributed by atoms with Gasteiger partial charge in [-0.3, -0.25) is 4.79 Å². The maximum Gasteiger partial charge on any atom is 0.228 e. The second kappa shape index (κ2) is 7.44. The molecule has 0 saturated carbocycles. The molecule has 1 N–H and O–H groups in total. The summed E-state index contributed by atoms with van der Waals surface area (Å²) in [7, 11) is 1.43. The Kier molecular flexibility index (Phi) is 5.09. The number of thiazole rings is 1. The summed E-state index contributed by atoms with van der Waals surface area (Å²) in [6, 6.07) is 11.7. The molecule has 6 heteroatoms. The molecule has 128 valence electrons. The number of hydrogen-bond donors (Lipinski definition) is 1. The van der Waals surface area contributed by atoms with E-state index in [1.165, 1.54) is 25.3 Å². The molecule has 0 bridgehead atoms. The van der Waals surface area contributed by atoms with Gasteiger partial charge in [0.2, 0.25) is 5.91 Å². The predicted octanol–water partition coefficient (Wildman–Crippen LogP) is 4.45. The molecule has 0 radical (unpaired) electrons. The molecule has 3 rings (SSSR count). The van der Waals surface area contributed by atoms with Gasteiger partial charge in [-0.2, -0.15) is 0 Å². The van der Waals surface area contributed by atoms with E-state index in [4.69, 9.17) is 4.74 Å². The minimum absolute atomic E-state index is 0.192. The van der Waals surface area contributed by atoms with Crippen molar-refractivity contribution in [3.8, 4) is 17.0 Å². The number of nitrogens with one attached hydrogen (secondary N) is 1. The Morgan fingerprint density at radius 3 is 2.64 bits per heavy atom.